The first kappa shape index (κ1) is 30.6. The van der Waals surface area contributed by atoms with Crippen molar-refractivity contribution in [2.24, 2.45) is 10.2 Å². The van der Waals surface area contributed by atoms with Crippen LogP contribution in [0.5, 0.6) is 5.88 Å². The third-order valence-electron chi connectivity index (χ3n) is 6.74. The smallest absolute Gasteiger partial charge is 0.422 e. The minimum absolute atomic E-state index is 0.0380. The summed E-state index contributed by atoms with van der Waals surface area (Å²) in [6, 6.07) is 8.55. The average Bonchev–Trinajstić information content (AvgIpc) is 3.48. The van der Waals surface area contributed by atoms with Gasteiger partial charge >= 0.3 is 18.4 Å². The molecule has 1 N–H and O–H groups in total. The standard InChI is InChI=1S/C27H22ClF6N5O3S/c28-18-4-2-16(20(12-18)27(32,33)34)11-19(15-3-5-21-17(10-15)13-35-37-21)22-23(40)36-24(43-22)38-6-1-7-39(9-8-38)25(41)42-14-26(29,30)31/h2-5,10,12-13,40H,1,6-9,11,14H2. The van der Waals surface area contributed by atoms with Gasteiger partial charge in [0, 0.05) is 43.2 Å². The van der Waals surface area contributed by atoms with Gasteiger partial charge in [0.25, 0.3) is 0 Å². The predicted octanol–water partition coefficient (Wildman–Crippen LogP) is 5.14. The first-order chi connectivity index (χ1) is 20.3. The van der Waals surface area contributed by atoms with Crippen molar-refractivity contribution in [3.63, 3.8) is 0 Å². The van der Waals surface area contributed by atoms with Gasteiger partial charge in [-0.2, -0.15) is 41.5 Å². The van der Waals surface area contributed by atoms with Gasteiger partial charge in [0.15, 0.2) is 11.7 Å². The summed E-state index contributed by atoms with van der Waals surface area (Å²) in [6.45, 7) is -0.976. The number of nitrogens with zero attached hydrogens (tertiary/aromatic N) is 5. The number of carbonyl (C=O) groups is 1. The summed E-state index contributed by atoms with van der Waals surface area (Å²) < 4.78 is 83.7. The number of anilines is 1. The maximum atomic E-state index is 14.0. The number of fused-ring (bicyclic) bond motifs is 1. The van der Waals surface area contributed by atoms with Crippen LogP contribution in [0.2, 0.25) is 5.02 Å². The molecular formula is C27H22ClF6N5O3S. The number of rotatable bonds is 5. The summed E-state index contributed by atoms with van der Waals surface area (Å²) in [5.74, 6) is -0.401. The van der Waals surface area contributed by atoms with Gasteiger partial charge in [0.05, 0.1) is 22.0 Å². The summed E-state index contributed by atoms with van der Waals surface area (Å²) in [7, 11) is 0. The molecule has 2 aliphatic heterocycles. The SMILES string of the molecule is O=C(OCC(F)(F)F)N1CCCN(c2nc(O)c(C(Cc3ccc(Cl)cc3C(F)(F)F)=c3ccc4c(c3)C=NN=4)s2)CC1. The first-order valence-corrected chi connectivity index (χ1v) is 14.0. The lowest BCUT2D eigenvalue weighted by molar-refractivity contribution is -0.162. The second-order valence-corrected chi connectivity index (χ2v) is 11.1. The Kier molecular flexibility index (Phi) is 8.56. The number of alkyl halides is 6. The molecule has 16 heteroatoms. The number of hydrogen-bond donors (Lipinski definition) is 1. The summed E-state index contributed by atoms with van der Waals surface area (Å²) >= 11 is 6.94. The van der Waals surface area contributed by atoms with E-state index in [-0.39, 0.29) is 41.5 Å². The Morgan fingerprint density at radius 1 is 1.05 bits per heavy atom. The van der Waals surface area contributed by atoms with Gasteiger partial charge in [-0.1, -0.05) is 35.1 Å². The number of aromatic nitrogens is 1. The summed E-state index contributed by atoms with van der Waals surface area (Å²) in [4.78, 5) is 19.6. The fraction of sp³-hybridized carbons (Fsp3) is 0.333. The molecular weight excluding hydrogens is 624 g/mol. The zero-order valence-corrected chi connectivity index (χ0v) is 23.6. The van der Waals surface area contributed by atoms with Crippen molar-refractivity contribution in [3.8, 4) is 5.88 Å². The van der Waals surface area contributed by atoms with Gasteiger partial charge in [0.1, 0.15) is 0 Å². The van der Waals surface area contributed by atoms with Crippen LogP contribution in [0.4, 0.5) is 36.3 Å². The second-order valence-electron chi connectivity index (χ2n) is 9.72. The molecule has 2 aromatic carbocycles. The lowest BCUT2D eigenvalue weighted by atomic mass is 9.96. The first-order valence-electron chi connectivity index (χ1n) is 12.8. The lowest BCUT2D eigenvalue weighted by Gasteiger charge is -2.21. The zero-order chi connectivity index (χ0) is 30.9. The highest BCUT2D eigenvalue weighted by atomic mass is 35.5. The van der Waals surface area contributed by atoms with Crippen LogP contribution in [0.25, 0.3) is 5.57 Å². The molecule has 0 atom stereocenters. The van der Waals surface area contributed by atoms with Crippen LogP contribution in [0.15, 0.2) is 46.6 Å². The van der Waals surface area contributed by atoms with E-state index < -0.39 is 36.5 Å². The molecule has 1 fully saturated rings. The van der Waals surface area contributed by atoms with Crippen molar-refractivity contribution in [1.82, 2.24) is 9.88 Å². The topological polar surface area (TPSA) is 90.6 Å². The molecule has 2 aliphatic rings. The van der Waals surface area contributed by atoms with Gasteiger partial charge in [-0.15, -0.1) is 0 Å². The predicted molar refractivity (Wildman–Crippen MR) is 147 cm³/mol. The van der Waals surface area contributed by atoms with Gasteiger partial charge in [0.2, 0.25) is 5.88 Å². The van der Waals surface area contributed by atoms with E-state index in [0.717, 1.165) is 22.3 Å². The Morgan fingerprint density at radius 2 is 1.84 bits per heavy atom. The van der Waals surface area contributed by atoms with Gasteiger partial charge < -0.3 is 19.6 Å². The molecule has 228 valence electrons. The second kappa shape index (κ2) is 12.0. The third kappa shape index (κ3) is 7.21. The normalized spacial score (nSPS) is 16.1. The van der Waals surface area contributed by atoms with Gasteiger partial charge in [-0.05, 0) is 47.0 Å². The fourth-order valence-corrected chi connectivity index (χ4v) is 5.97. The van der Waals surface area contributed by atoms with Crippen LogP contribution in [0.1, 0.15) is 28.0 Å². The summed E-state index contributed by atoms with van der Waals surface area (Å²) in [6.07, 6.45) is -8.76. The molecule has 0 saturated carbocycles. The van der Waals surface area contributed by atoms with E-state index in [0.29, 0.717) is 39.8 Å². The third-order valence-corrected chi connectivity index (χ3v) is 8.14. The molecule has 0 unspecified atom stereocenters. The van der Waals surface area contributed by atoms with E-state index in [2.05, 4.69) is 19.9 Å². The van der Waals surface area contributed by atoms with Crippen LogP contribution in [-0.4, -0.2) is 66.3 Å². The summed E-state index contributed by atoms with van der Waals surface area (Å²) in [5.41, 5.74) is 0.0353. The molecule has 43 heavy (non-hydrogen) atoms. The molecule has 1 amide bonds. The summed E-state index contributed by atoms with van der Waals surface area (Å²) in [5, 5.41) is 20.2. The molecule has 5 rings (SSSR count). The average molecular weight is 646 g/mol. The van der Waals surface area contributed by atoms with E-state index in [1.54, 1.807) is 23.1 Å². The highest BCUT2D eigenvalue weighted by Gasteiger charge is 2.35. The largest absolute Gasteiger partial charge is 0.492 e. The number of thiazole rings is 1. The lowest BCUT2D eigenvalue weighted by Crippen LogP contribution is -2.37. The van der Waals surface area contributed by atoms with Crippen molar-refractivity contribution in [2.45, 2.75) is 25.2 Å². The number of ether oxygens (including phenoxy) is 1. The highest BCUT2D eigenvalue weighted by molar-refractivity contribution is 7.17. The van der Waals surface area contributed by atoms with E-state index in [1.807, 2.05) is 0 Å². The minimum Gasteiger partial charge on any atom is -0.492 e. The van der Waals surface area contributed by atoms with Crippen LogP contribution < -0.4 is 15.5 Å². The number of halogens is 7. The van der Waals surface area contributed by atoms with Crippen molar-refractivity contribution in [3.05, 3.63) is 73.6 Å². The number of benzene rings is 2. The Bertz CT molecular complexity index is 1690. The van der Waals surface area contributed by atoms with Crippen molar-refractivity contribution < 1.29 is 41.0 Å². The molecule has 1 saturated heterocycles. The Morgan fingerprint density at radius 3 is 2.58 bits per heavy atom. The number of carbonyl (C=O) groups excluding carboxylic acids is 1. The van der Waals surface area contributed by atoms with Gasteiger partial charge in [-0.3, -0.25) is 0 Å². The number of aromatic hydroxyl groups is 1. The molecule has 0 spiro atoms. The zero-order valence-electron chi connectivity index (χ0n) is 22.0. The van der Waals surface area contributed by atoms with Crippen LogP contribution >= 0.6 is 22.9 Å². The Balaban J connectivity index is 1.48. The maximum absolute atomic E-state index is 14.0. The monoisotopic (exact) mass is 645 g/mol. The van der Waals surface area contributed by atoms with Crippen LogP contribution in [0.3, 0.4) is 0 Å². The van der Waals surface area contributed by atoms with Gasteiger partial charge in [-0.25, -0.2) is 4.79 Å². The molecule has 0 radical (unpaired) electrons. The molecule has 1 aromatic heterocycles. The van der Waals surface area contributed by atoms with Crippen LogP contribution in [0, 0.1) is 0 Å². The molecule has 0 aliphatic carbocycles. The molecule has 8 nitrogen and oxygen atoms in total. The maximum Gasteiger partial charge on any atom is 0.422 e. The quantitative estimate of drug-likeness (QED) is 0.388. The number of amides is 1. The van der Waals surface area contributed by atoms with Crippen molar-refractivity contribution >= 4 is 46.0 Å². The van der Waals surface area contributed by atoms with E-state index in [4.69, 9.17) is 11.6 Å². The molecule has 3 aromatic rings. The van der Waals surface area contributed by atoms with E-state index in [1.165, 1.54) is 18.3 Å². The minimum atomic E-state index is -4.69. The fourth-order valence-electron chi connectivity index (χ4n) is 4.72. The highest BCUT2D eigenvalue weighted by Crippen LogP contribution is 2.40. The Labute approximate surface area is 249 Å². The number of hydrogen-bond acceptors (Lipinski definition) is 8. The Hall–Kier alpha value is -3.85. The van der Waals surface area contributed by atoms with E-state index in [9.17, 15) is 36.2 Å². The molecule has 3 heterocycles. The van der Waals surface area contributed by atoms with Crippen molar-refractivity contribution in [2.75, 3.05) is 37.7 Å². The van der Waals surface area contributed by atoms with Crippen molar-refractivity contribution in [1.29, 1.82) is 0 Å². The van der Waals surface area contributed by atoms with Crippen LogP contribution in [-0.2, 0) is 17.3 Å². The molecule has 0 bridgehead atoms. The van der Waals surface area contributed by atoms with E-state index >= 15 is 0 Å².